The van der Waals surface area contributed by atoms with Crippen LogP contribution in [0.4, 0.5) is 0 Å². The fourth-order valence-electron chi connectivity index (χ4n) is 2.91. The van der Waals surface area contributed by atoms with E-state index in [1.807, 2.05) is 69.4 Å². The first kappa shape index (κ1) is 28.1. The number of ether oxygens (including phenoxy) is 1. The molecule has 0 aliphatic heterocycles. The van der Waals surface area contributed by atoms with Gasteiger partial charge in [0.1, 0.15) is 6.10 Å². The summed E-state index contributed by atoms with van der Waals surface area (Å²) in [5, 5.41) is 30.2. The maximum absolute atomic E-state index is 12.1. The highest BCUT2D eigenvalue weighted by Crippen LogP contribution is 2.20. The molecule has 0 aromatic rings. The summed E-state index contributed by atoms with van der Waals surface area (Å²) < 4.78 is 5.38. The molecular formula is C25H40O5. The zero-order valence-corrected chi connectivity index (χ0v) is 18.9. The number of hydrogen-bond acceptors (Lipinski definition) is 5. The summed E-state index contributed by atoms with van der Waals surface area (Å²) in [4.78, 5) is 12.1. The minimum absolute atomic E-state index is 0.120. The topological polar surface area (TPSA) is 87.0 Å². The van der Waals surface area contributed by atoms with E-state index in [0.717, 1.165) is 6.42 Å². The molecule has 5 heteroatoms. The average Bonchev–Trinajstić information content (AvgIpc) is 2.68. The molecule has 0 amide bonds. The van der Waals surface area contributed by atoms with Gasteiger partial charge in [0, 0.05) is 11.8 Å². The molecule has 5 nitrogen and oxygen atoms in total. The van der Waals surface area contributed by atoms with Crippen LogP contribution < -0.4 is 0 Å². The lowest BCUT2D eigenvalue weighted by atomic mass is 9.89. The molecule has 30 heavy (non-hydrogen) atoms. The third kappa shape index (κ3) is 13.3. The molecule has 0 radical (unpaired) electrons. The monoisotopic (exact) mass is 420 g/mol. The molecule has 0 unspecified atom stereocenters. The lowest BCUT2D eigenvalue weighted by Gasteiger charge is -2.28. The van der Waals surface area contributed by atoms with Crippen molar-refractivity contribution in [2.75, 3.05) is 0 Å². The predicted octanol–water partition coefficient (Wildman–Crippen LogP) is 4.26. The van der Waals surface area contributed by atoms with Crippen LogP contribution in [-0.2, 0) is 9.53 Å². The second-order valence-electron chi connectivity index (χ2n) is 7.72. The Kier molecular flexibility index (Phi) is 15.7. The number of carbonyl (C=O) groups is 1. The van der Waals surface area contributed by atoms with Gasteiger partial charge in [-0.3, -0.25) is 4.79 Å². The van der Waals surface area contributed by atoms with Gasteiger partial charge in [0.25, 0.3) is 0 Å². The molecule has 0 aliphatic carbocycles. The number of esters is 1. The van der Waals surface area contributed by atoms with E-state index in [1.54, 1.807) is 13.0 Å². The maximum atomic E-state index is 12.1. The SMILES string of the molecule is C=C/C=C/C=C/C=C/C=C/[C@H](C)[C@@H](O)[C@@H](C)[C@H](C)OC(=O)C[C@H](O)C[C@H](O)CCC. The van der Waals surface area contributed by atoms with Gasteiger partial charge in [-0.25, -0.2) is 0 Å². The van der Waals surface area contributed by atoms with Gasteiger partial charge in [-0.2, -0.15) is 0 Å². The summed E-state index contributed by atoms with van der Waals surface area (Å²) >= 11 is 0. The van der Waals surface area contributed by atoms with Crippen LogP contribution in [0.25, 0.3) is 0 Å². The van der Waals surface area contributed by atoms with Crippen molar-refractivity contribution in [1.82, 2.24) is 0 Å². The molecule has 170 valence electrons. The van der Waals surface area contributed by atoms with Crippen LogP contribution in [-0.4, -0.2) is 45.7 Å². The highest BCUT2D eigenvalue weighted by molar-refractivity contribution is 5.70. The largest absolute Gasteiger partial charge is 0.462 e. The first-order valence-corrected chi connectivity index (χ1v) is 10.8. The highest BCUT2D eigenvalue weighted by Gasteiger charge is 2.27. The molecule has 0 saturated heterocycles. The summed E-state index contributed by atoms with van der Waals surface area (Å²) in [7, 11) is 0. The van der Waals surface area contributed by atoms with E-state index >= 15 is 0 Å². The normalized spacial score (nSPS) is 18.6. The minimum atomic E-state index is -0.929. The summed E-state index contributed by atoms with van der Waals surface area (Å²) in [6, 6.07) is 0. The summed E-state index contributed by atoms with van der Waals surface area (Å²) in [5.41, 5.74) is 0. The van der Waals surface area contributed by atoms with E-state index in [0.29, 0.717) is 6.42 Å². The Hall–Kier alpha value is -1.95. The van der Waals surface area contributed by atoms with Gasteiger partial charge in [-0.1, -0.05) is 88.5 Å². The number of aliphatic hydroxyl groups excluding tert-OH is 3. The van der Waals surface area contributed by atoms with Crippen molar-refractivity contribution in [2.24, 2.45) is 11.8 Å². The number of hydrogen-bond donors (Lipinski definition) is 3. The van der Waals surface area contributed by atoms with Gasteiger partial charge in [0.2, 0.25) is 0 Å². The van der Waals surface area contributed by atoms with Crippen LogP contribution in [0.3, 0.4) is 0 Å². The minimum Gasteiger partial charge on any atom is -0.462 e. The van der Waals surface area contributed by atoms with Gasteiger partial charge < -0.3 is 20.1 Å². The van der Waals surface area contributed by atoms with Crippen LogP contribution in [0.5, 0.6) is 0 Å². The first-order valence-electron chi connectivity index (χ1n) is 10.8. The Morgan fingerprint density at radius 1 is 0.933 bits per heavy atom. The third-order valence-electron chi connectivity index (χ3n) is 4.92. The predicted molar refractivity (Wildman–Crippen MR) is 123 cm³/mol. The molecule has 0 aromatic carbocycles. The van der Waals surface area contributed by atoms with Crippen molar-refractivity contribution >= 4 is 5.97 Å². The van der Waals surface area contributed by atoms with Crippen molar-refractivity contribution in [2.45, 2.75) is 77.8 Å². The van der Waals surface area contributed by atoms with E-state index in [-0.39, 0.29) is 24.7 Å². The van der Waals surface area contributed by atoms with Gasteiger partial charge in [0.15, 0.2) is 0 Å². The second-order valence-corrected chi connectivity index (χ2v) is 7.72. The molecule has 0 heterocycles. The van der Waals surface area contributed by atoms with E-state index in [1.165, 1.54) is 0 Å². The number of carbonyl (C=O) groups excluding carboxylic acids is 1. The van der Waals surface area contributed by atoms with E-state index in [9.17, 15) is 20.1 Å². The molecule has 0 aliphatic rings. The number of rotatable bonds is 15. The van der Waals surface area contributed by atoms with Gasteiger partial charge in [0.05, 0.1) is 24.7 Å². The second kappa shape index (κ2) is 16.8. The first-order chi connectivity index (χ1) is 14.2. The Balaban J connectivity index is 4.47. The number of allylic oxidation sites excluding steroid dienone is 8. The standard InChI is InChI=1S/C25H40O5/c1-6-8-9-10-11-12-13-14-16-19(3)25(29)20(4)21(5)30-24(28)18-23(27)17-22(26)15-7-2/h6,8-14,16,19-23,25-27,29H,1,7,15,17-18H2,2-5H3/b9-8+,11-10+,13-12+,16-14+/t19-,20-,21-,22+,23+,25+/m0/s1. The van der Waals surface area contributed by atoms with Crippen molar-refractivity contribution < 1.29 is 24.9 Å². The molecule has 0 fully saturated rings. The third-order valence-corrected chi connectivity index (χ3v) is 4.92. The molecule has 0 aromatic heterocycles. The van der Waals surface area contributed by atoms with Gasteiger partial charge in [-0.05, 0) is 19.8 Å². The molecular weight excluding hydrogens is 380 g/mol. The highest BCUT2D eigenvalue weighted by atomic mass is 16.5. The number of aliphatic hydroxyl groups is 3. The molecule has 6 atom stereocenters. The van der Waals surface area contributed by atoms with Crippen molar-refractivity contribution in [3.05, 3.63) is 61.3 Å². The fourth-order valence-corrected chi connectivity index (χ4v) is 2.91. The average molecular weight is 421 g/mol. The zero-order valence-electron chi connectivity index (χ0n) is 18.9. The van der Waals surface area contributed by atoms with Crippen LogP contribution in [0.2, 0.25) is 0 Å². The lowest BCUT2D eigenvalue weighted by Crippen LogP contribution is -2.35. The Morgan fingerprint density at radius 3 is 2.07 bits per heavy atom. The Morgan fingerprint density at radius 2 is 1.50 bits per heavy atom. The molecule has 0 saturated carbocycles. The molecule has 0 rings (SSSR count). The zero-order chi connectivity index (χ0) is 22.9. The Bertz CT molecular complexity index is 590. The van der Waals surface area contributed by atoms with E-state index < -0.39 is 30.4 Å². The van der Waals surface area contributed by atoms with Crippen LogP contribution in [0.15, 0.2) is 61.3 Å². The van der Waals surface area contributed by atoms with E-state index in [4.69, 9.17) is 4.74 Å². The van der Waals surface area contributed by atoms with Crippen molar-refractivity contribution in [1.29, 1.82) is 0 Å². The fraction of sp³-hybridized carbons (Fsp3) is 0.560. The quantitative estimate of drug-likeness (QED) is 0.272. The summed E-state index contributed by atoms with van der Waals surface area (Å²) in [6.45, 7) is 11.0. The molecule has 0 spiro atoms. The van der Waals surface area contributed by atoms with Crippen molar-refractivity contribution in [3.63, 3.8) is 0 Å². The van der Waals surface area contributed by atoms with Crippen LogP contribution in [0.1, 0.15) is 53.4 Å². The molecule has 3 N–H and O–H groups in total. The summed E-state index contributed by atoms with van der Waals surface area (Å²) in [6.07, 6.45) is 15.4. The maximum Gasteiger partial charge on any atom is 0.308 e. The van der Waals surface area contributed by atoms with Gasteiger partial charge >= 0.3 is 5.97 Å². The molecule has 0 bridgehead atoms. The van der Waals surface area contributed by atoms with Crippen LogP contribution >= 0.6 is 0 Å². The van der Waals surface area contributed by atoms with Gasteiger partial charge in [-0.15, -0.1) is 0 Å². The lowest BCUT2D eigenvalue weighted by molar-refractivity contribution is -0.155. The summed E-state index contributed by atoms with van der Waals surface area (Å²) in [5.74, 6) is -0.921. The Labute approximate surface area is 182 Å². The van der Waals surface area contributed by atoms with Crippen molar-refractivity contribution in [3.8, 4) is 0 Å². The van der Waals surface area contributed by atoms with Crippen LogP contribution in [0, 0.1) is 11.8 Å². The smallest absolute Gasteiger partial charge is 0.308 e. The van der Waals surface area contributed by atoms with E-state index in [2.05, 4.69) is 6.58 Å².